The average molecular weight is 336 g/mol. The van der Waals surface area contributed by atoms with E-state index >= 15 is 0 Å². The smallest absolute Gasteiger partial charge is 0.257 e. The second-order valence-corrected chi connectivity index (χ2v) is 6.44. The lowest BCUT2D eigenvalue weighted by molar-refractivity contribution is -0.123. The Labute approximate surface area is 148 Å². The van der Waals surface area contributed by atoms with Crippen molar-refractivity contribution < 1.29 is 9.53 Å². The van der Waals surface area contributed by atoms with Crippen molar-refractivity contribution in [3.05, 3.63) is 64.8 Å². The van der Waals surface area contributed by atoms with E-state index in [-0.39, 0.29) is 12.5 Å². The summed E-state index contributed by atoms with van der Waals surface area (Å²) in [6, 6.07) is 12.4. The van der Waals surface area contributed by atoms with Crippen LogP contribution < -0.4 is 10.1 Å². The van der Waals surface area contributed by atoms with E-state index in [9.17, 15) is 4.79 Å². The summed E-state index contributed by atoms with van der Waals surface area (Å²) in [4.78, 5) is 15.2. The summed E-state index contributed by atoms with van der Waals surface area (Å²) in [7, 11) is 0. The van der Waals surface area contributed by atoms with Crippen LogP contribution in [0, 0.1) is 20.8 Å². The van der Waals surface area contributed by atoms with E-state index in [0.717, 1.165) is 28.8 Å². The van der Waals surface area contributed by atoms with Crippen LogP contribution in [0.1, 0.15) is 22.3 Å². The summed E-state index contributed by atoms with van der Waals surface area (Å²) in [6.07, 6.45) is 2.73. The largest absolute Gasteiger partial charge is 0.483 e. The van der Waals surface area contributed by atoms with Crippen molar-refractivity contribution in [1.29, 1.82) is 0 Å². The first kappa shape index (κ1) is 17.1. The van der Waals surface area contributed by atoms with Crippen molar-refractivity contribution in [2.45, 2.75) is 27.2 Å². The van der Waals surface area contributed by atoms with Crippen molar-refractivity contribution >= 4 is 16.8 Å². The van der Waals surface area contributed by atoms with Gasteiger partial charge >= 0.3 is 0 Å². The van der Waals surface area contributed by atoms with Crippen LogP contribution in [0.4, 0.5) is 0 Å². The van der Waals surface area contributed by atoms with E-state index in [4.69, 9.17) is 4.74 Å². The number of H-pyrrole nitrogens is 1. The molecular formula is C21H24N2O2. The SMILES string of the molecule is Cc1ccc(C)c(OCC(=O)NCCc2ccc3[nH]ccc3c2)c1C. The number of hydrogen-bond acceptors (Lipinski definition) is 2. The van der Waals surface area contributed by atoms with Crippen LogP contribution in [0.5, 0.6) is 5.75 Å². The summed E-state index contributed by atoms with van der Waals surface area (Å²) < 4.78 is 5.74. The van der Waals surface area contributed by atoms with Crippen LogP contribution in [0.2, 0.25) is 0 Å². The minimum absolute atomic E-state index is 0.0436. The van der Waals surface area contributed by atoms with Gasteiger partial charge in [-0.2, -0.15) is 0 Å². The lowest BCUT2D eigenvalue weighted by atomic mass is 10.1. The van der Waals surface area contributed by atoms with Gasteiger partial charge in [-0.3, -0.25) is 4.79 Å². The monoisotopic (exact) mass is 336 g/mol. The number of aromatic amines is 1. The van der Waals surface area contributed by atoms with Crippen molar-refractivity contribution in [3.8, 4) is 5.75 Å². The standard InChI is InChI=1S/C21H24N2O2/c1-14-4-5-15(2)21(16(14)3)25-13-20(24)23-10-8-17-6-7-19-18(12-17)9-11-22-19/h4-7,9,11-12,22H,8,10,13H2,1-3H3,(H,23,24). The Morgan fingerprint density at radius 2 is 1.88 bits per heavy atom. The van der Waals surface area contributed by atoms with Gasteiger partial charge in [0, 0.05) is 18.3 Å². The van der Waals surface area contributed by atoms with Gasteiger partial charge in [-0.1, -0.05) is 18.2 Å². The molecule has 2 aromatic carbocycles. The molecule has 1 amide bonds. The fraction of sp³-hybridized carbons (Fsp3) is 0.286. The van der Waals surface area contributed by atoms with Crippen LogP contribution in [0.25, 0.3) is 10.9 Å². The molecule has 0 spiro atoms. The molecule has 130 valence electrons. The van der Waals surface area contributed by atoms with Crippen molar-refractivity contribution in [1.82, 2.24) is 10.3 Å². The zero-order valence-electron chi connectivity index (χ0n) is 15.0. The first-order valence-electron chi connectivity index (χ1n) is 8.57. The Morgan fingerprint density at radius 1 is 1.08 bits per heavy atom. The van der Waals surface area contributed by atoms with E-state index in [1.165, 1.54) is 16.5 Å². The molecule has 1 aromatic heterocycles. The molecule has 0 aliphatic carbocycles. The third-order valence-corrected chi connectivity index (χ3v) is 4.57. The summed E-state index contributed by atoms with van der Waals surface area (Å²) in [5.74, 6) is 0.719. The molecule has 4 nitrogen and oxygen atoms in total. The fourth-order valence-electron chi connectivity index (χ4n) is 2.94. The maximum Gasteiger partial charge on any atom is 0.257 e. The highest BCUT2D eigenvalue weighted by Crippen LogP contribution is 2.25. The Kier molecular flexibility index (Phi) is 5.08. The molecule has 0 bridgehead atoms. The van der Waals surface area contributed by atoms with Crippen LogP contribution in [-0.4, -0.2) is 24.0 Å². The van der Waals surface area contributed by atoms with Crippen molar-refractivity contribution in [2.24, 2.45) is 0 Å². The number of nitrogens with one attached hydrogen (secondary N) is 2. The number of aromatic nitrogens is 1. The second kappa shape index (κ2) is 7.43. The molecule has 0 saturated carbocycles. The fourth-order valence-corrected chi connectivity index (χ4v) is 2.94. The van der Waals surface area contributed by atoms with Gasteiger partial charge in [0.2, 0.25) is 0 Å². The number of carbonyl (C=O) groups excluding carboxylic acids is 1. The second-order valence-electron chi connectivity index (χ2n) is 6.44. The molecule has 0 atom stereocenters. The number of amides is 1. The number of rotatable bonds is 6. The molecule has 0 aliphatic heterocycles. The maximum absolute atomic E-state index is 12.0. The molecule has 4 heteroatoms. The Balaban J connectivity index is 1.49. The third kappa shape index (κ3) is 4.02. The molecule has 0 radical (unpaired) electrons. The molecule has 0 fully saturated rings. The van der Waals surface area contributed by atoms with E-state index in [2.05, 4.69) is 40.6 Å². The predicted octanol–water partition coefficient (Wildman–Crippen LogP) is 3.83. The Morgan fingerprint density at radius 3 is 2.72 bits per heavy atom. The minimum atomic E-state index is -0.0944. The maximum atomic E-state index is 12.0. The molecule has 25 heavy (non-hydrogen) atoms. The molecular weight excluding hydrogens is 312 g/mol. The highest BCUT2D eigenvalue weighted by Gasteiger charge is 2.09. The molecule has 0 unspecified atom stereocenters. The number of carbonyl (C=O) groups is 1. The van der Waals surface area contributed by atoms with Gasteiger partial charge in [-0.15, -0.1) is 0 Å². The topological polar surface area (TPSA) is 54.1 Å². The lowest BCUT2D eigenvalue weighted by Crippen LogP contribution is -2.30. The van der Waals surface area contributed by atoms with E-state index in [0.29, 0.717) is 6.54 Å². The molecule has 0 saturated heterocycles. The van der Waals surface area contributed by atoms with Crippen molar-refractivity contribution in [2.75, 3.05) is 13.2 Å². The highest BCUT2D eigenvalue weighted by molar-refractivity contribution is 5.80. The van der Waals surface area contributed by atoms with E-state index in [1.54, 1.807) is 0 Å². The predicted molar refractivity (Wildman–Crippen MR) is 101 cm³/mol. The Hall–Kier alpha value is -2.75. The number of fused-ring (bicyclic) bond motifs is 1. The normalized spacial score (nSPS) is 10.8. The van der Waals surface area contributed by atoms with Gasteiger partial charge < -0.3 is 15.0 Å². The first-order valence-corrected chi connectivity index (χ1v) is 8.57. The van der Waals surface area contributed by atoms with Gasteiger partial charge in [-0.25, -0.2) is 0 Å². The lowest BCUT2D eigenvalue weighted by Gasteiger charge is -2.14. The zero-order chi connectivity index (χ0) is 17.8. The first-order chi connectivity index (χ1) is 12.0. The van der Waals surface area contributed by atoms with E-state index < -0.39 is 0 Å². The summed E-state index contributed by atoms with van der Waals surface area (Å²) in [6.45, 7) is 6.71. The number of ether oxygens (including phenoxy) is 1. The van der Waals surface area contributed by atoms with Gasteiger partial charge in [0.15, 0.2) is 6.61 Å². The van der Waals surface area contributed by atoms with Crippen LogP contribution >= 0.6 is 0 Å². The molecule has 0 aliphatic rings. The number of hydrogen-bond donors (Lipinski definition) is 2. The van der Waals surface area contributed by atoms with Crippen LogP contribution in [0.15, 0.2) is 42.6 Å². The molecule has 1 heterocycles. The van der Waals surface area contributed by atoms with Crippen molar-refractivity contribution in [3.63, 3.8) is 0 Å². The summed E-state index contributed by atoms with van der Waals surface area (Å²) >= 11 is 0. The molecule has 3 aromatic rings. The summed E-state index contributed by atoms with van der Waals surface area (Å²) in [5.41, 5.74) is 5.65. The third-order valence-electron chi connectivity index (χ3n) is 4.57. The quantitative estimate of drug-likeness (QED) is 0.719. The average Bonchev–Trinajstić information content (AvgIpc) is 3.06. The number of benzene rings is 2. The van der Waals surface area contributed by atoms with Gasteiger partial charge in [0.1, 0.15) is 5.75 Å². The van der Waals surface area contributed by atoms with Crippen LogP contribution in [-0.2, 0) is 11.2 Å². The van der Waals surface area contributed by atoms with E-state index in [1.807, 2.05) is 33.0 Å². The Bertz CT molecular complexity index is 896. The highest BCUT2D eigenvalue weighted by atomic mass is 16.5. The zero-order valence-corrected chi connectivity index (χ0v) is 15.0. The minimum Gasteiger partial charge on any atom is -0.483 e. The van der Waals surface area contributed by atoms with Gasteiger partial charge in [-0.05, 0) is 73.0 Å². The molecule has 2 N–H and O–H groups in total. The van der Waals surface area contributed by atoms with Crippen LogP contribution in [0.3, 0.4) is 0 Å². The summed E-state index contributed by atoms with van der Waals surface area (Å²) in [5, 5.41) is 4.12. The van der Waals surface area contributed by atoms with Gasteiger partial charge in [0.05, 0.1) is 0 Å². The number of aryl methyl sites for hydroxylation is 2. The molecule has 3 rings (SSSR count). The van der Waals surface area contributed by atoms with Gasteiger partial charge in [0.25, 0.3) is 5.91 Å².